The molecule has 0 aliphatic carbocycles. The Morgan fingerprint density at radius 1 is 1.10 bits per heavy atom. The number of pyridine rings is 1. The first-order valence-corrected chi connectivity index (χ1v) is 12.9. The van der Waals surface area contributed by atoms with E-state index < -0.39 is 11.9 Å². The van der Waals surface area contributed by atoms with Gasteiger partial charge in [-0.25, -0.2) is 19.9 Å². The van der Waals surface area contributed by atoms with Gasteiger partial charge in [-0.1, -0.05) is 11.6 Å². The zero-order valence-electron chi connectivity index (χ0n) is 21.2. The van der Waals surface area contributed by atoms with E-state index in [1.54, 1.807) is 11.0 Å². The Kier molecular flexibility index (Phi) is 7.89. The molecule has 0 N–H and O–H groups in total. The van der Waals surface area contributed by atoms with Crippen molar-refractivity contribution in [2.45, 2.75) is 45.1 Å². The molecule has 3 aromatic heterocycles. The van der Waals surface area contributed by atoms with E-state index in [0.717, 1.165) is 37.7 Å². The summed E-state index contributed by atoms with van der Waals surface area (Å²) in [4.78, 5) is 32.2. The van der Waals surface area contributed by atoms with E-state index in [1.165, 1.54) is 24.1 Å². The minimum atomic E-state index is -4.48. The lowest BCUT2D eigenvalue weighted by atomic mass is 9.93. The maximum atomic E-state index is 13.0. The molecule has 208 valence electrons. The number of rotatable bonds is 7. The van der Waals surface area contributed by atoms with Crippen molar-refractivity contribution in [2.75, 3.05) is 31.6 Å². The molecule has 0 spiro atoms. The van der Waals surface area contributed by atoms with Crippen LogP contribution >= 0.6 is 11.6 Å². The monoisotopic (exact) mass is 565 g/mol. The predicted molar refractivity (Wildman–Crippen MR) is 134 cm³/mol. The van der Waals surface area contributed by atoms with Gasteiger partial charge in [0.05, 0.1) is 26.0 Å². The summed E-state index contributed by atoms with van der Waals surface area (Å²) in [6.45, 7) is 3.34. The molecule has 0 amide bonds. The van der Waals surface area contributed by atoms with E-state index >= 15 is 0 Å². The number of carbonyl (C=O) groups excluding carboxylic acids is 1. The normalized spacial score (nSPS) is 16.7. The molecule has 0 bridgehead atoms. The van der Waals surface area contributed by atoms with E-state index in [1.807, 2.05) is 6.07 Å². The second-order valence-corrected chi connectivity index (χ2v) is 10.00. The summed E-state index contributed by atoms with van der Waals surface area (Å²) in [5.41, 5.74) is 0.0384. The molecular formula is C25H27ClF3N7O3. The Morgan fingerprint density at radius 2 is 1.85 bits per heavy atom. The fraction of sp³-hybridized carbons (Fsp3) is 0.480. The highest BCUT2D eigenvalue weighted by Gasteiger charge is 2.35. The number of ether oxygens (including phenoxy) is 2. The van der Waals surface area contributed by atoms with Crippen LogP contribution < -0.4 is 9.64 Å². The summed E-state index contributed by atoms with van der Waals surface area (Å²) in [5, 5.41) is 0.294. The van der Waals surface area contributed by atoms with Gasteiger partial charge >= 0.3 is 12.1 Å². The van der Waals surface area contributed by atoms with Crippen LogP contribution in [0.4, 0.5) is 19.1 Å². The lowest BCUT2D eigenvalue weighted by Gasteiger charge is -2.31. The fourth-order valence-corrected chi connectivity index (χ4v) is 5.02. The topological polar surface area (TPSA) is 98.5 Å². The number of methoxy groups -OCH3 is 1. The first kappa shape index (κ1) is 27.1. The van der Waals surface area contributed by atoms with Crippen molar-refractivity contribution in [1.82, 2.24) is 29.4 Å². The van der Waals surface area contributed by atoms with E-state index in [2.05, 4.69) is 24.8 Å². The summed E-state index contributed by atoms with van der Waals surface area (Å²) in [6, 6.07) is 3.60. The Hall–Kier alpha value is -3.45. The maximum absolute atomic E-state index is 13.0. The third-order valence-electron chi connectivity index (χ3n) is 6.84. The van der Waals surface area contributed by atoms with Crippen LogP contribution in [0, 0.1) is 5.92 Å². The van der Waals surface area contributed by atoms with Crippen molar-refractivity contribution in [3.63, 3.8) is 0 Å². The number of esters is 1. The van der Waals surface area contributed by atoms with Crippen LogP contribution in [0.1, 0.15) is 36.3 Å². The minimum absolute atomic E-state index is 0.162. The van der Waals surface area contributed by atoms with Gasteiger partial charge in [-0.2, -0.15) is 13.2 Å². The maximum Gasteiger partial charge on any atom is 0.434 e. The van der Waals surface area contributed by atoms with Gasteiger partial charge in [0.1, 0.15) is 11.0 Å². The van der Waals surface area contributed by atoms with Crippen molar-refractivity contribution in [2.24, 2.45) is 5.92 Å². The van der Waals surface area contributed by atoms with Crippen LogP contribution in [0.15, 0.2) is 30.7 Å². The zero-order chi connectivity index (χ0) is 27.6. The standard InChI is InChI=1S/C25H27ClF3N7O3/c1-38-23(37)10-16-2-4-34(5-3-16)13-17-8-20(26)33-22(9-17)39-18-11-30-24(31-12-18)36-7-6-35-14-19(25(27,28)29)32-21(35)15-36/h8-9,11-12,14,16H,2-7,10,13,15H2,1H3. The van der Waals surface area contributed by atoms with E-state index in [9.17, 15) is 18.0 Å². The van der Waals surface area contributed by atoms with Crippen LogP contribution in [0.2, 0.25) is 5.15 Å². The van der Waals surface area contributed by atoms with Crippen LogP contribution in [-0.2, 0) is 35.3 Å². The number of aromatic nitrogens is 5. The molecule has 0 radical (unpaired) electrons. The molecule has 10 nitrogen and oxygen atoms in total. The first-order chi connectivity index (χ1) is 18.7. The number of halogens is 4. The average molecular weight is 566 g/mol. The number of carbonyl (C=O) groups is 1. The molecule has 1 fully saturated rings. The fourth-order valence-electron chi connectivity index (χ4n) is 4.80. The SMILES string of the molecule is COC(=O)CC1CCN(Cc2cc(Cl)nc(Oc3cnc(N4CCn5cc(C(F)(F)F)nc5C4)nc3)c2)CC1. The van der Waals surface area contributed by atoms with Crippen LogP contribution in [0.5, 0.6) is 11.6 Å². The smallest absolute Gasteiger partial charge is 0.434 e. The minimum Gasteiger partial charge on any atom is -0.469 e. The number of likely N-dealkylation sites (tertiary alicyclic amines) is 1. The summed E-state index contributed by atoms with van der Waals surface area (Å²) in [5.74, 6) is 1.48. The van der Waals surface area contributed by atoms with Gasteiger partial charge in [-0.15, -0.1) is 0 Å². The van der Waals surface area contributed by atoms with Gasteiger partial charge in [0.15, 0.2) is 11.4 Å². The molecule has 0 saturated carbocycles. The number of hydrogen-bond donors (Lipinski definition) is 0. The van der Waals surface area contributed by atoms with Crippen molar-refractivity contribution in [1.29, 1.82) is 0 Å². The van der Waals surface area contributed by atoms with Gasteiger partial charge in [0.25, 0.3) is 0 Å². The summed E-state index contributed by atoms with van der Waals surface area (Å²) >= 11 is 6.25. The highest BCUT2D eigenvalue weighted by molar-refractivity contribution is 6.29. The van der Waals surface area contributed by atoms with Crippen molar-refractivity contribution in [3.05, 3.63) is 53.0 Å². The first-order valence-electron chi connectivity index (χ1n) is 12.5. The van der Waals surface area contributed by atoms with Crippen molar-refractivity contribution < 1.29 is 27.4 Å². The molecule has 2 aliphatic heterocycles. The van der Waals surface area contributed by atoms with Crippen LogP contribution in [0.3, 0.4) is 0 Å². The van der Waals surface area contributed by atoms with Gasteiger partial charge in [0.2, 0.25) is 11.8 Å². The molecule has 2 aliphatic rings. The van der Waals surface area contributed by atoms with Gasteiger partial charge < -0.3 is 18.9 Å². The van der Waals surface area contributed by atoms with Gasteiger partial charge in [-0.05, 0) is 43.5 Å². The summed E-state index contributed by atoms with van der Waals surface area (Å²) in [6.07, 6.45) is 1.81. The summed E-state index contributed by atoms with van der Waals surface area (Å²) in [7, 11) is 1.41. The molecule has 0 aromatic carbocycles. The molecule has 0 atom stereocenters. The molecule has 0 unspecified atom stereocenters. The Balaban J connectivity index is 1.18. The summed E-state index contributed by atoms with van der Waals surface area (Å²) < 4.78 is 51.1. The number of alkyl halides is 3. The number of hydrogen-bond acceptors (Lipinski definition) is 9. The number of anilines is 1. The quantitative estimate of drug-likeness (QED) is 0.306. The molecular weight excluding hydrogens is 539 g/mol. The molecule has 14 heteroatoms. The highest BCUT2D eigenvalue weighted by Crippen LogP contribution is 2.30. The largest absolute Gasteiger partial charge is 0.469 e. The third kappa shape index (κ3) is 6.77. The number of imidazole rings is 1. The second-order valence-electron chi connectivity index (χ2n) is 9.61. The molecule has 1 saturated heterocycles. The second kappa shape index (κ2) is 11.3. The average Bonchev–Trinajstić information content (AvgIpc) is 3.34. The van der Waals surface area contributed by atoms with Gasteiger partial charge in [-0.3, -0.25) is 9.69 Å². The van der Waals surface area contributed by atoms with Crippen LogP contribution in [-0.4, -0.2) is 62.1 Å². The third-order valence-corrected chi connectivity index (χ3v) is 7.03. The van der Waals surface area contributed by atoms with Crippen LogP contribution in [0.25, 0.3) is 0 Å². The Labute approximate surface area is 227 Å². The molecule has 39 heavy (non-hydrogen) atoms. The molecule has 3 aromatic rings. The number of piperidine rings is 1. The Morgan fingerprint density at radius 3 is 2.54 bits per heavy atom. The molecule has 5 rings (SSSR count). The number of fused-ring (bicyclic) bond motifs is 1. The van der Waals surface area contributed by atoms with E-state index in [0.29, 0.717) is 60.5 Å². The number of nitrogens with zero attached hydrogens (tertiary/aromatic N) is 7. The van der Waals surface area contributed by atoms with E-state index in [-0.39, 0.29) is 12.5 Å². The van der Waals surface area contributed by atoms with Crippen molar-refractivity contribution in [3.8, 4) is 11.6 Å². The van der Waals surface area contributed by atoms with E-state index in [4.69, 9.17) is 21.1 Å². The highest BCUT2D eigenvalue weighted by atomic mass is 35.5. The zero-order valence-corrected chi connectivity index (χ0v) is 22.0. The lowest BCUT2D eigenvalue weighted by molar-refractivity contribution is -0.142. The predicted octanol–water partition coefficient (Wildman–Crippen LogP) is 4.33. The Bertz CT molecular complexity index is 1310. The van der Waals surface area contributed by atoms with Gasteiger partial charge in [0, 0.05) is 38.3 Å². The van der Waals surface area contributed by atoms with Crippen molar-refractivity contribution >= 4 is 23.5 Å². The lowest BCUT2D eigenvalue weighted by Crippen LogP contribution is -2.34. The molecule has 5 heterocycles.